The molecule has 0 unspecified atom stereocenters. The van der Waals surface area contributed by atoms with Gasteiger partial charge in [-0.3, -0.25) is 0 Å². The lowest BCUT2D eigenvalue weighted by Gasteiger charge is -2.43. The molecule has 0 aliphatic heterocycles. The zero-order valence-corrected chi connectivity index (χ0v) is 18.0. The van der Waals surface area contributed by atoms with Crippen LogP contribution < -0.4 is 10.6 Å². The van der Waals surface area contributed by atoms with Crippen LogP contribution in [0.1, 0.15) is 57.1 Å². The minimum atomic E-state index is -4.69. The first-order valence-corrected chi connectivity index (χ1v) is 10.9. The van der Waals surface area contributed by atoms with Crippen LogP contribution in [-0.4, -0.2) is 43.9 Å². The van der Waals surface area contributed by atoms with E-state index in [9.17, 15) is 30.7 Å². The standard InChI is InChI=1S/C21H23F7N6/c22-19(23)8-4-12(5-9-19)34(13-6-10-20(24,25)11-7-13)18-32-16(31-17(29)33-18)14-2-1-3-15(30-14)21(26,27)28/h1-3,12-13H,4-11H2,(H2,29,31,32,33). The number of hydrogen-bond donors (Lipinski definition) is 1. The van der Waals surface area contributed by atoms with Gasteiger partial charge in [-0.1, -0.05) is 6.07 Å². The van der Waals surface area contributed by atoms with E-state index in [0.29, 0.717) is 0 Å². The number of aromatic nitrogens is 4. The van der Waals surface area contributed by atoms with E-state index in [-0.39, 0.29) is 74.8 Å². The Kier molecular flexibility index (Phi) is 6.32. The molecule has 0 bridgehead atoms. The molecule has 0 saturated heterocycles. The van der Waals surface area contributed by atoms with Gasteiger partial charge in [0.2, 0.25) is 23.7 Å². The van der Waals surface area contributed by atoms with Crippen molar-refractivity contribution in [1.82, 2.24) is 19.9 Å². The van der Waals surface area contributed by atoms with Crippen LogP contribution in [0.25, 0.3) is 11.5 Å². The Morgan fingerprint density at radius 3 is 1.82 bits per heavy atom. The molecule has 2 heterocycles. The van der Waals surface area contributed by atoms with Gasteiger partial charge in [-0.05, 0) is 37.8 Å². The maximum absolute atomic E-state index is 13.8. The maximum atomic E-state index is 13.8. The van der Waals surface area contributed by atoms with E-state index in [2.05, 4.69) is 19.9 Å². The van der Waals surface area contributed by atoms with Crippen molar-refractivity contribution in [3.63, 3.8) is 0 Å². The highest BCUT2D eigenvalue weighted by atomic mass is 19.4. The van der Waals surface area contributed by atoms with Crippen molar-refractivity contribution in [2.45, 2.75) is 81.5 Å². The first-order chi connectivity index (χ1) is 15.8. The quantitative estimate of drug-likeness (QED) is 0.568. The summed E-state index contributed by atoms with van der Waals surface area (Å²) >= 11 is 0. The molecule has 0 radical (unpaired) electrons. The van der Waals surface area contributed by atoms with Crippen molar-refractivity contribution in [3.8, 4) is 11.5 Å². The smallest absolute Gasteiger partial charge is 0.368 e. The first kappa shape index (κ1) is 24.4. The van der Waals surface area contributed by atoms with Crippen LogP contribution in [0.3, 0.4) is 0 Å². The highest BCUT2D eigenvalue weighted by molar-refractivity contribution is 5.54. The molecular weight excluding hydrogens is 469 g/mol. The number of anilines is 2. The van der Waals surface area contributed by atoms with Gasteiger partial charge in [0.25, 0.3) is 0 Å². The number of hydrogen-bond acceptors (Lipinski definition) is 6. The molecule has 2 aliphatic carbocycles. The average Bonchev–Trinajstić information content (AvgIpc) is 2.75. The zero-order valence-electron chi connectivity index (χ0n) is 18.0. The first-order valence-electron chi connectivity index (χ1n) is 10.9. The third kappa shape index (κ3) is 5.49. The van der Waals surface area contributed by atoms with E-state index in [4.69, 9.17) is 5.73 Å². The summed E-state index contributed by atoms with van der Waals surface area (Å²) in [4.78, 5) is 17.5. The molecule has 2 aromatic rings. The Balaban J connectivity index is 1.71. The summed E-state index contributed by atoms with van der Waals surface area (Å²) in [7, 11) is 0. The van der Waals surface area contributed by atoms with Gasteiger partial charge in [-0.15, -0.1) is 0 Å². The van der Waals surface area contributed by atoms with Gasteiger partial charge in [0.1, 0.15) is 11.4 Å². The van der Waals surface area contributed by atoms with E-state index in [1.54, 1.807) is 4.90 Å². The summed E-state index contributed by atoms with van der Waals surface area (Å²) in [6.07, 6.45) is -5.85. The van der Waals surface area contributed by atoms with Gasteiger partial charge in [0, 0.05) is 37.8 Å². The monoisotopic (exact) mass is 492 g/mol. The maximum Gasteiger partial charge on any atom is 0.433 e. The third-order valence-electron chi connectivity index (χ3n) is 6.30. The Morgan fingerprint density at radius 2 is 1.32 bits per heavy atom. The normalized spacial score (nSPS) is 21.4. The van der Waals surface area contributed by atoms with Crippen LogP contribution in [-0.2, 0) is 6.18 Å². The summed E-state index contributed by atoms with van der Waals surface area (Å²) in [5.41, 5.74) is 4.48. The molecule has 13 heteroatoms. The second-order valence-electron chi connectivity index (χ2n) is 8.80. The number of alkyl halides is 7. The molecule has 186 valence electrons. The minimum absolute atomic E-state index is 0.0351. The van der Waals surface area contributed by atoms with Crippen LogP contribution in [0.5, 0.6) is 0 Å². The topological polar surface area (TPSA) is 80.8 Å². The summed E-state index contributed by atoms with van der Waals surface area (Å²) < 4.78 is 94.5. The molecule has 2 fully saturated rings. The Bertz CT molecular complexity index is 981. The van der Waals surface area contributed by atoms with E-state index in [1.165, 1.54) is 6.07 Å². The van der Waals surface area contributed by atoms with Crippen molar-refractivity contribution < 1.29 is 30.7 Å². The fraction of sp³-hybridized carbons (Fsp3) is 0.619. The Morgan fingerprint density at radius 1 is 0.794 bits per heavy atom. The average molecular weight is 492 g/mol. The van der Waals surface area contributed by atoms with Crippen molar-refractivity contribution in [1.29, 1.82) is 0 Å². The summed E-state index contributed by atoms with van der Waals surface area (Å²) in [6, 6.07) is 2.31. The molecule has 0 aromatic carbocycles. The second kappa shape index (κ2) is 8.81. The molecule has 0 atom stereocenters. The van der Waals surface area contributed by atoms with Crippen LogP contribution in [0.2, 0.25) is 0 Å². The van der Waals surface area contributed by atoms with Crippen molar-refractivity contribution in [2.75, 3.05) is 10.6 Å². The molecule has 2 aromatic heterocycles. The minimum Gasteiger partial charge on any atom is -0.368 e. The molecule has 0 spiro atoms. The number of nitrogen functional groups attached to an aromatic ring is 1. The lowest BCUT2D eigenvalue weighted by atomic mass is 9.86. The second-order valence-corrected chi connectivity index (χ2v) is 8.80. The lowest BCUT2D eigenvalue weighted by Crippen LogP contribution is -2.50. The molecular formula is C21H23F7N6. The number of pyridine rings is 1. The predicted octanol–water partition coefficient (Wildman–Crippen LogP) is 5.50. The fourth-order valence-corrected chi connectivity index (χ4v) is 4.56. The number of nitrogens with zero attached hydrogens (tertiary/aromatic N) is 5. The largest absolute Gasteiger partial charge is 0.433 e. The molecule has 0 amide bonds. The van der Waals surface area contributed by atoms with E-state index in [0.717, 1.165) is 12.1 Å². The summed E-state index contributed by atoms with van der Waals surface area (Å²) in [5, 5.41) is 0. The summed E-state index contributed by atoms with van der Waals surface area (Å²) in [5.74, 6) is -6.18. The molecule has 2 aliphatic rings. The third-order valence-corrected chi connectivity index (χ3v) is 6.30. The SMILES string of the molecule is Nc1nc(-c2cccc(C(F)(F)F)n2)nc(N(C2CCC(F)(F)CC2)C2CCC(F)(F)CC2)n1. The van der Waals surface area contributed by atoms with E-state index >= 15 is 0 Å². The zero-order chi connectivity index (χ0) is 24.7. The van der Waals surface area contributed by atoms with Crippen LogP contribution in [0.15, 0.2) is 18.2 Å². The number of rotatable bonds is 4. The van der Waals surface area contributed by atoms with E-state index < -0.39 is 35.8 Å². The molecule has 2 saturated carbocycles. The fourth-order valence-electron chi connectivity index (χ4n) is 4.56. The van der Waals surface area contributed by atoms with Crippen LogP contribution in [0, 0.1) is 0 Å². The van der Waals surface area contributed by atoms with Crippen molar-refractivity contribution in [2.24, 2.45) is 0 Å². The highest BCUT2D eigenvalue weighted by Gasteiger charge is 2.43. The van der Waals surface area contributed by atoms with Crippen molar-refractivity contribution in [3.05, 3.63) is 23.9 Å². The molecule has 4 rings (SSSR count). The Labute approximate surface area is 190 Å². The molecule has 34 heavy (non-hydrogen) atoms. The van der Waals surface area contributed by atoms with Crippen LogP contribution in [0.4, 0.5) is 42.6 Å². The summed E-state index contributed by atoms with van der Waals surface area (Å²) in [6.45, 7) is 0. The van der Waals surface area contributed by atoms with Gasteiger partial charge in [0.15, 0.2) is 5.82 Å². The van der Waals surface area contributed by atoms with Gasteiger partial charge < -0.3 is 10.6 Å². The lowest BCUT2D eigenvalue weighted by molar-refractivity contribution is -0.141. The highest BCUT2D eigenvalue weighted by Crippen LogP contribution is 2.41. The van der Waals surface area contributed by atoms with Gasteiger partial charge in [0.05, 0.1) is 0 Å². The number of halogens is 7. The molecule has 6 nitrogen and oxygen atoms in total. The number of nitrogens with two attached hydrogens (primary N) is 1. The molecule has 2 N–H and O–H groups in total. The van der Waals surface area contributed by atoms with E-state index in [1.807, 2.05) is 0 Å². The Hall–Kier alpha value is -2.73. The predicted molar refractivity (Wildman–Crippen MR) is 109 cm³/mol. The van der Waals surface area contributed by atoms with Gasteiger partial charge in [-0.25, -0.2) is 22.5 Å². The van der Waals surface area contributed by atoms with Gasteiger partial charge >= 0.3 is 6.18 Å². The van der Waals surface area contributed by atoms with Gasteiger partial charge in [-0.2, -0.15) is 28.1 Å². The van der Waals surface area contributed by atoms with Crippen LogP contribution >= 0.6 is 0 Å². The van der Waals surface area contributed by atoms with Crippen molar-refractivity contribution >= 4 is 11.9 Å².